The van der Waals surface area contributed by atoms with Crippen molar-refractivity contribution >= 4 is 11.7 Å². The zero-order valence-corrected chi connectivity index (χ0v) is 16.1. The molecule has 0 bridgehead atoms. The number of nitrogens with one attached hydrogen (secondary N) is 2. The molecule has 5 rings (SSSR count). The number of aromatic amines is 1. The topological polar surface area (TPSA) is 115 Å². The van der Waals surface area contributed by atoms with Crippen LogP contribution in [0.15, 0.2) is 60.0 Å². The van der Waals surface area contributed by atoms with Crippen LogP contribution in [-0.2, 0) is 4.74 Å². The van der Waals surface area contributed by atoms with Crippen LogP contribution in [-0.4, -0.2) is 44.2 Å². The largest absolute Gasteiger partial charge is 0.503 e. The van der Waals surface area contributed by atoms with Crippen LogP contribution in [0.3, 0.4) is 0 Å². The number of carbonyl (C=O) groups excluding carboxylic acids is 1. The number of carbonyl (C=O) groups is 1. The highest BCUT2D eigenvalue weighted by Crippen LogP contribution is 2.29. The average molecular weight is 406 g/mol. The summed E-state index contributed by atoms with van der Waals surface area (Å²) in [6.45, 7) is 1.40. The fourth-order valence-electron chi connectivity index (χ4n) is 3.43. The second kappa shape index (κ2) is 7.91. The molecule has 4 aromatic heterocycles. The van der Waals surface area contributed by atoms with E-state index in [4.69, 9.17) is 14.3 Å². The van der Waals surface area contributed by atoms with E-state index in [9.17, 15) is 4.79 Å². The Bertz CT molecular complexity index is 1130. The molecule has 1 amide bonds. The van der Waals surface area contributed by atoms with E-state index in [1.165, 1.54) is 11.0 Å². The quantitative estimate of drug-likeness (QED) is 0.504. The van der Waals surface area contributed by atoms with Gasteiger partial charge in [-0.1, -0.05) is 6.07 Å². The summed E-state index contributed by atoms with van der Waals surface area (Å²) in [4.78, 5) is 17.3. The van der Waals surface area contributed by atoms with Gasteiger partial charge in [-0.25, -0.2) is 5.32 Å². The van der Waals surface area contributed by atoms with Crippen molar-refractivity contribution in [2.75, 3.05) is 18.5 Å². The maximum atomic E-state index is 12.9. The Hall–Kier alpha value is -3.79. The molecule has 10 nitrogen and oxygen atoms in total. The van der Waals surface area contributed by atoms with Gasteiger partial charge in [0.2, 0.25) is 0 Å². The molecule has 0 saturated carbocycles. The summed E-state index contributed by atoms with van der Waals surface area (Å²) < 4.78 is 14.2. The molecule has 5 heterocycles. The van der Waals surface area contributed by atoms with Gasteiger partial charge < -0.3 is 9.15 Å². The molecule has 1 aliphatic rings. The Morgan fingerprint density at radius 2 is 2.20 bits per heavy atom. The Kier molecular flexibility index (Phi) is 4.81. The molecular weight excluding hydrogens is 386 g/mol. The summed E-state index contributed by atoms with van der Waals surface area (Å²) in [5, 5.41) is 14.3. The number of ether oxygens (including phenoxy) is 1. The predicted octanol–water partition coefficient (Wildman–Crippen LogP) is 2.65. The number of oxazole rings is 1. The first-order valence-corrected chi connectivity index (χ1v) is 9.66. The van der Waals surface area contributed by atoms with Gasteiger partial charge in [-0.2, -0.15) is 15.0 Å². The molecule has 1 aliphatic heterocycles. The Morgan fingerprint density at radius 1 is 1.30 bits per heavy atom. The lowest BCUT2D eigenvalue weighted by atomic mass is 10.1. The maximum absolute atomic E-state index is 12.9. The van der Waals surface area contributed by atoms with Crippen LogP contribution < -0.4 is 9.88 Å². The number of aromatic nitrogens is 6. The van der Waals surface area contributed by atoms with Gasteiger partial charge in [0.25, 0.3) is 6.39 Å². The lowest BCUT2D eigenvalue weighted by Gasteiger charge is -2.22. The minimum absolute atomic E-state index is 0.223. The third-order valence-electron chi connectivity index (χ3n) is 5.01. The number of rotatable bonds is 4. The molecule has 0 aromatic carbocycles. The number of hydrogen-bond acceptors (Lipinski definition) is 6. The van der Waals surface area contributed by atoms with E-state index in [2.05, 4.69) is 20.5 Å². The monoisotopic (exact) mass is 406 g/mol. The molecular formula is C20H20N7O3+. The molecule has 0 aliphatic carbocycles. The highest BCUT2D eigenvalue weighted by atomic mass is 16.5. The van der Waals surface area contributed by atoms with Crippen LogP contribution >= 0.6 is 0 Å². The van der Waals surface area contributed by atoms with Gasteiger partial charge in [-0.15, -0.1) is 4.57 Å². The van der Waals surface area contributed by atoms with E-state index < -0.39 is 0 Å². The van der Waals surface area contributed by atoms with Gasteiger partial charge in [-0.05, 0) is 25.0 Å². The first-order chi connectivity index (χ1) is 14.8. The van der Waals surface area contributed by atoms with Gasteiger partial charge >= 0.3 is 6.03 Å². The summed E-state index contributed by atoms with van der Waals surface area (Å²) in [5.41, 5.74) is 2.65. The van der Waals surface area contributed by atoms with Gasteiger partial charge in [0.05, 0.1) is 29.7 Å². The lowest BCUT2D eigenvalue weighted by molar-refractivity contribution is -0.571. The van der Waals surface area contributed by atoms with Crippen molar-refractivity contribution in [3.8, 4) is 22.7 Å². The number of anilines is 1. The molecule has 0 atom stereocenters. The summed E-state index contributed by atoms with van der Waals surface area (Å²) in [6, 6.07) is 5.46. The molecule has 2 N–H and O–H groups in total. The second-order valence-electron chi connectivity index (χ2n) is 6.97. The Balaban J connectivity index is 1.44. The first kappa shape index (κ1) is 18.3. The zero-order chi connectivity index (χ0) is 20.3. The summed E-state index contributed by atoms with van der Waals surface area (Å²) in [6.07, 6.45) is 11.6. The Morgan fingerprint density at radius 3 is 2.97 bits per heavy atom. The minimum atomic E-state index is -0.364. The molecule has 30 heavy (non-hydrogen) atoms. The van der Waals surface area contributed by atoms with Crippen LogP contribution in [0.2, 0.25) is 0 Å². The number of amides is 1. The van der Waals surface area contributed by atoms with Crippen LogP contribution in [0.1, 0.15) is 18.9 Å². The van der Waals surface area contributed by atoms with Crippen LogP contribution in [0.25, 0.3) is 22.7 Å². The third-order valence-corrected chi connectivity index (χ3v) is 5.01. The van der Waals surface area contributed by atoms with Crippen molar-refractivity contribution in [1.82, 2.24) is 25.0 Å². The lowest BCUT2D eigenvalue weighted by Crippen LogP contribution is -2.44. The normalized spacial score (nSPS) is 14.7. The van der Waals surface area contributed by atoms with Gasteiger partial charge in [0.1, 0.15) is 6.20 Å². The molecule has 10 heteroatoms. The minimum Gasteiger partial charge on any atom is -0.424 e. The van der Waals surface area contributed by atoms with E-state index in [0.717, 1.165) is 18.4 Å². The van der Waals surface area contributed by atoms with Gasteiger partial charge in [0.15, 0.2) is 17.1 Å². The van der Waals surface area contributed by atoms with E-state index in [1.54, 1.807) is 24.8 Å². The van der Waals surface area contributed by atoms with Crippen molar-refractivity contribution < 1.29 is 18.5 Å². The smallest absolute Gasteiger partial charge is 0.424 e. The fourth-order valence-corrected chi connectivity index (χ4v) is 3.43. The van der Waals surface area contributed by atoms with Gasteiger partial charge in [0, 0.05) is 25.6 Å². The highest BCUT2D eigenvalue weighted by Gasteiger charge is 2.26. The maximum Gasteiger partial charge on any atom is 0.503 e. The van der Waals surface area contributed by atoms with E-state index in [1.807, 2.05) is 29.1 Å². The fraction of sp³-hybridized carbons (Fsp3) is 0.250. The van der Waals surface area contributed by atoms with Crippen molar-refractivity contribution in [2.24, 2.45) is 0 Å². The van der Waals surface area contributed by atoms with Crippen molar-refractivity contribution in [3.63, 3.8) is 0 Å². The second-order valence-corrected chi connectivity index (χ2v) is 6.97. The third kappa shape index (κ3) is 3.60. The first-order valence-electron chi connectivity index (χ1n) is 9.66. The van der Waals surface area contributed by atoms with E-state index in [-0.39, 0.29) is 12.1 Å². The van der Waals surface area contributed by atoms with E-state index >= 15 is 0 Å². The van der Waals surface area contributed by atoms with Crippen molar-refractivity contribution in [2.45, 2.75) is 18.9 Å². The molecule has 1 fully saturated rings. The van der Waals surface area contributed by atoms with Crippen LogP contribution in [0, 0.1) is 0 Å². The molecule has 0 radical (unpaired) electrons. The Labute approximate surface area is 171 Å². The van der Waals surface area contributed by atoms with Crippen LogP contribution in [0.5, 0.6) is 0 Å². The molecule has 1 saturated heterocycles. The predicted molar refractivity (Wildman–Crippen MR) is 105 cm³/mol. The van der Waals surface area contributed by atoms with Crippen LogP contribution in [0.4, 0.5) is 10.5 Å². The summed E-state index contributed by atoms with van der Waals surface area (Å²) in [5.74, 6) is 0.529. The SMILES string of the molecule is O=C(Nc1cn(C2CCOCC2)nc1-c1ccccn1)[n+]1coc(-c2cn[nH]c2)c1. The standard InChI is InChI=1S/C20H19N7O3/c28-20(26-12-18(30-13-26)14-9-22-23-10-14)24-17-11-27(15-4-7-29-8-5-15)25-19(17)16-3-1-2-6-21-16/h1-3,6,9-13,15H,4-5,7-8H2,(H-,22,23,24,28)/p+1. The zero-order valence-electron chi connectivity index (χ0n) is 16.1. The molecule has 0 unspecified atom stereocenters. The number of pyridine rings is 1. The number of hydrogen-bond donors (Lipinski definition) is 2. The van der Waals surface area contributed by atoms with E-state index in [0.29, 0.717) is 36.0 Å². The molecule has 0 spiro atoms. The number of nitrogens with zero attached hydrogens (tertiary/aromatic N) is 5. The van der Waals surface area contributed by atoms with Crippen molar-refractivity contribution in [1.29, 1.82) is 0 Å². The van der Waals surface area contributed by atoms with Crippen molar-refractivity contribution in [3.05, 3.63) is 55.6 Å². The summed E-state index contributed by atoms with van der Waals surface area (Å²) in [7, 11) is 0. The highest BCUT2D eigenvalue weighted by molar-refractivity contribution is 5.88. The molecule has 4 aromatic rings. The van der Waals surface area contributed by atoms with Gasteiger partial charge in [-0.3, -0.25) is 14.8 Å². The average Bonchev–Trinajstić information content (AvgIpc) is 3.55. The number of H-pyrrole nitrogens is 1. The summed E-state index contributed by atoms with van der Waals surface area (Å²) >= 11 is 0. The molecule has 152 valence electrons.